The fraction of sp³-hybridized carbons (Fsp3) is 0.545. The molecule has 1 amide bonds. The van der Waals surface area contributed by atoms with Crippen LogP contribution in [0.2, 0.25) is 0 Å². The summed E-state index contributed by atoms with van der Waals surface area (Å²) in [4.78, 5) is 16.4. The molecule has 4 rings (SSSR count). The third kappa shape index (κ3) is 5.81. The lowest BCUT2D eigenvalue weighted by atomic mass is 9.96. The summed E-state index contributed by atoms with van der Waals surface area (Å²) in [6.07, 6.45) is 1.82. The van der Waals surface area contributed by atoms with Gasteiger partial charge in [-0.2, -0.15) is 4.31 Å². The van der Waals surface area contributed by atoms with E-state index in [4.69, 9.17) is 9.47 Å². The highest BCUT2D eigenvalue weighted by Crippen LogP contribution is 2.31. The Morgan fingerprint density at radius 2 is 2.15 bits per heavy atom. The standard InChI is InChI=1S/C22H29FN4O6S/c1-26-11-22(25-14-26)34(30,31)27-10-17(28)12-32-13-20-19(27)6-5-18(33-20)8-21(29)24-9-15-3-2-4-16(23)7-15/h2-4,7,11,14,17-20,28H,5-6,8-10,12-13H2,1H3,(H,24,29)/t17-,18+,19+,20-/m0/s1. The number of imidazole rings is 1. The van der Waals surface area contributed by atoms with Gasteiger partial charge in [-0.05, 0) is 30.5 Å². The number of hydrogen-bond donors (Lipinski definition) is 2. The van der Waals surface area contributed by atoms with Gasteiger partial charge >= 0.3 is 0 Å². The van der Waals surface area contributed by atoms with Crippen molar-refractivity contribution in [2.75, 3.05) is 19.8 Å². The normalized spacial score (nSPS) is 26.3. The molecule has 2 fully saturated rings. The molecular formula is C22H29FN4O6S. The Bertz CT molecular complexity index is 1110. The molecule has 1 aromatic heterocycles. The SMILES string of the molecule is Cn1cnc(S(=O)(=O)N2C[C@H](O)COC[C@@H]3O[C@@H](CC(=O)NCc4cccc(F)c4)CC[C@H]32)c1. The molecule has 4 atom stereocenters. The van der Waals surface area contributed by atoms with E-state index in [0.717, 1.165) is 0 Å². The van der Waals surface area contributed by atoms with E-state index in [0.29, 0.717) is 18.4 Å². The quantitative estimate of drug-likeness (QED) is 0.599. The maximum atomic E-state index is 13.3. The molecular weight excluding hydrogens is 467 g/mol. The van der Waals surface area contributed by atoms with Gasteiger partial charge in [0, 0.05) is 26.3 Å². The number of carbonyl (C=O) groups is 1. The number of halogens is 1. The minimum absolute atomic E-state index is 0.0282. The Morgan fingerprint density at radius 1 is 1.32 bits per heavy atom. The number of hydrogen-bond acceptors (Lipinski definition) is 7. The van der Waals surface area contributed by atoms with E-state index >= 15 is 0 Å². The summed E-state index contributed by atoms with van der Waals surface area (Å²) in [5, 5.41) is 12.9. The Hall–Kier alpha value is -2.38. The Morgan fingerprint density at radius 3 is 2.88 bits per heavy atom. The molecule has 0 spiro atoms. The van der Waals surface area contributed by atoms with Crippen LogP contribution in [0, 0.1) is 5.82 Å². The van der Waals surface area contributed by atoms with Crippen LogP contribution in [0.1, 0.15) is 24.8 Å². The molecule has 3 heterocycles. The van der Waals surface area contributed by atoms with Crippen molar-refractivity contribution in [3.8, 4) is 0 Å². The summed E-state index contributed by atoms with van der Waals surface area (Å²) in [6, 6.07) is 5.44. The molecule has 0 bridgehead atoms. The van der Waals surface area contributed by atoms with Crippen molar-refractivity contribution in [3.05, 3.63) is 48.2 Å². The van der Waals surface area contributed by atoms with E-state index in [2.05, 4.69) is 10.3 Å². The lowest BCUT2D eigenvalue weighted by Gasteiger charge is -2.43. The van der Waals surface area contributed by atoms with Crippen LogP contribution in [0.5, 0.6) is 0 Å². The van der Waals surface area contributed by atoms with Crippen molar-refractivity contribution >= 4 is 15.9 Å². The highest BCUT2D eigenvalue weighted by atomic mass is 32.2. The van der Waals surface area contributed by atoms with Gasteiger partial charge in [-0.3, -0.25) is 4.79 Å². The van der Waals surface area contributed by atoms with Gasteiger partial charge in [0.1, 0.15) is 5.82 Å². The second-order valence-electron chi connectivity index (χ2n) is 8.70. The van der Waals surface area contributed by atoms with Crippen molar-refractivity contribution in [3.63, 3.8) is 0 Å². The zero-order valence-corrected chi connectivity index (χ0v) is 19.7. The third-order valence-corrected chi connectivity index (χ3v) is 7.76. The summed E-state index contributed by atoms with van der Waals surface area (Å²) < 4.78 is 54.4. The van der Waals surface area contributed by atoms with Crippen molar-refractivity contribution in [1.82, 2.24) is 19.2 Å². The minimum atomic E-state index is -3.97. The number of fused-ring (bicyclic) bond motifs is 1. The third-order valence-electron chi connectivity index (χ3n) is 5.98. The van der Waals surface area contributed by atoms with Crippen molar-refractivity contribution in [1.29, 1.82) is 0 Å². The summed E-state index contributed by atoms with van der Waals surface area (Å²) in [7, 11) is -2.29. The average Bonchev–Trinajstić information content (AvgIpc) is 3.22. The lowest BCUT2D eigenvalue weighted by Crippen LogP contribution is -2.57. The summed E-state index contributed by atoms with van der Waals surface area (Å²) in [5.41, 5.74) is 0.653. The zero-order valence-electron chi connectivity index (χ0n) is 18.8. The van der Waals surface area contributed by atoms with Gasteiger partial charge in [-0.15, -0.1) is 0 Å². The van der Waals surface area contributed by atoms with Crippen LogP contribution in [0.25, 0.3) is 0 Å². The summed E-state index contributed by atoms with van der Waals surface area (Å²) >= 11 is 0. The number of carbonyl (C=O) groups excluding carboxylic acids is 1. The number of nitrogens with one attached hydrogen (secondary N) is 1. The van der Waals surface area contributed by atoms with E-state index in [-0.39, 0.29) is 49.5 Å². The average molecular weight is 497 g/mol. The molecule has 10 nitrogen and oxygen atoms in total. The Labute approximate surface area is 197 Å². The smallest absolute Gasteiger partial charge is 0.262 e. The molecule has 1 aromatic carbocycles. The molecule has 2 aromatic rings. The maximum Gasteiger partial charge on any atom is 0.262 e. The topological polar surface area (TPSA) is 123 Å². The second-order valence-corrected chi connectivity index (χ2v) is 10.5. The van der Waals surface area contributed by atoms with E-state index in [1.165, 1.54) is 29.0 Å². The number of rotatable bonds is 6. The molecule has 0 aliphatic carbocycles. The largest absolute Gasteiger partial charge is 0.389 e. The number of aromatic nitrogens is 2. The van der Waals surface area contributed by atoms with Gasteiger partial charge in [-0.1, -0.05) is 12.1 Å². The molecule has 2 N–H and O–H groups in total. The van der Waals surface area contributed by atoms with Crippen LogP contribution in [-0.4, -0.2) is 77.4 Å². The van der Waals surface area contributed by atoms with Gasteiger partial charge in [0.15, 0.2) is 5.03 Å². The van der Waals surface area contributed by atoms with Crippen LogP contribution >= 0.6 is 0 Å². The van der Waals surface area contributed by atoms with E-state index < -0.39 is 34.4 Å². The van der Waals surface area contributed by atoms with Crippen LogP contribution in [0.15, 0.2) is 41.8 Å². The van der Waals surface area contributed by atoms with Crippen molar-refractivity contribution in [2.45, 2.75) is 55.2 Å². The fourth-order valence-corrected chi connectivity index (χ4v) is 6.03. The molecule has 186 valence electrons. The minimum Gasteiger partial charge on any atom is -0.389 e. The zero-order chi connectivity index (χ0) is 24.3. The number of sulfonamides is 1. The second kappa shape index (κ2) is 10.5. The number of benzene rings is 1. The molecule has 34 heavy (non-hydrogen) atoms. The Balaban J connectivity index is 1.41. The molecule has 12 heteroatoms. The summed E-state index contributed by atoms with van der Waals surface area (Å²) in [6.45, 7) is 0.131. The fourth-order valence-electron chi connectivity index (χ4n) is 4.34. The lowest BCUT2D eigenvalue weighted by molar-refractivity contribution is -0.146. The van der Waals surface area contributed by atoms with Gasteiger partial charge in [0.25, 0.3) is 10.0 Å². The van der Waals surface area contributed by atoms with E-state index in [1.807, 2.05) is 0 Å². The number of ether oxygens (including phenoxy) is 2. The first-order valence-electron chi connectivity index (χ1n) is 11.1. The predicted octanol–water partition coefficient (Wildman–Crippen LogP) is 0.564. The monoisotopic (exact) mass is 496 g/mol. The first-order valence-corrected chi connectivity index (χ1v) is 12.6. The number of aryl methyl sites for hydroxylation is 1. The van der Waals surface area contributed by atoms with Gasteiger partial charge < -0.3 is 24.5 Å². The highest BCUT2D eigenvalue weighted by Gasteiger charge is 2.43. The van der Waals surface area contributed by atoms with Crippen molar-refractivity contribution < 1.29 is 32.2 Å². The summed E-state index contributed by atoms with van der Waals surface area (Å²) in [5.74, 6) is -0.610. The van der Waals surface area contributed by atoms with Crippen LogP contribution in [-0.2, 0) is 37.9 Å². The number of amides is 1. The first-order chi connectivity index (χ1) is 16.2. The van der Waals surface area contributed by atoms with Crippen LogP contribution < -0.4 is 5.32 Å². The van der Waals surface area contributed by atoms with Gasteiger partial charge in [-0.25, -0.2) is 17.8 Å². The molecule has 2 aliphatic rings. The predicted molar refractivity (Wildman–Crippen MR) is 118 cm³/mol. The maximum absolute atomic E-state index is 13.3. The highest BCUT2D eigenvalue weighted by molar-refractivity contribution is 7.89. The van der Waals surface area contributed by atoms with Gasteiger partial charge in [0.2, 0.25) is 5.91 Å². The molecule has 0 radical (unpaired) electrons. The number of aliphatic hydroxyl groups is 1. The number of aliphatic hydroxyl groups excluding tert-OH is 1. The Kier molecular flexibility index (Phi) is 7.63. The molecule has 0 saturated carbocycles. The molecule has 2 saturated heterocycles. The molecule has 0 unspecified atom stereocenters. The van der Waals surface area contributed by atoms with Crippen LogP contribution in [0.3, 0.4) is 0 Å². The van der Waals surface area contributed by atoms with Gasteiger partial charge in [0.05, 0.1) is 50.3 Å². The van der Waals surface area contributed by atoms with Crippen LogP contribution in [0.4, 0.5) is 4.39 Å². The van der Waals surface area contributed by atoms with Crippen molar-refractivity contribution in [2.24, 2.45) is 7.05 Å². The first kappa shape index (κ1) is 24.7. The number of nitrogens with zero attached hydrogens (tertiary/aromatic N) is 3. The molecule has 2 aliphatic heterocycles. The van der Waals surface area contributed by atoms with E-state index in [1.54, 1.807) is 23.7 Å². The van der Waals surface area contributed by atoms with E-state index in [9.17, 15) is 22.7 Å². The number of β-amino-alcohol motifs (C(OH)–C–C–N with tert-alkyl or cyclic N) is 1.